The lowest BCUT2D eigenvalue weighted by molar-refractivity contribution is 0.0930. The molecule has 2 nitrogen and oxygen atoms in total. The number of nitrogens with one attached hydrogen (secondary N) is 1. The van der Waals surface area contributed by atoms with Crippen LogP contribution in [0.3, 0.4) is 0 Å². The maximum absolute atomic E-state index is 12.2. The number of thiophene rings is 1. The van der Waals surface area contributed by atoms with Gasteiger partial charge >= 0.3 is 0 Å². The van der Waals surface area contributed by atoms with Crippen molar-refractivity contribution >= 4 is 33.2 Å². The molecule has 100 valence electrons. The van der Waals surface area contributed by atoms with E-state index < -0.39 is 0 Å². The Balaban J connectivity index is 2.16. The summed E-state index contributed by atoms with van der Waals surface area (Å²) >= 11 is 4.83. The van der Waals surface area contributed by atoms with Crippen molar-refractivity contribution in [1.29, 1.82) is 0 Å². The molecule has 0 aliphatic rings. The molecule has 0 bridgehead atoms. The van der Waals surface area contributed by atoms with Gasteiger partial charge in [0.05, 0.1) is 14.7 Å². The second kappa shape index (κ2) is 6.35. The fourth-order valence-corrected chi connectivity index (χ4v) is 3.23. The lowest BCUT2D eigenvalue weighted by Gasteiger charge is -2.22. The first-order valence-electron chi connectivity index (χ1n) is 6.19. The predicted molar refractivity (Wildman–Crippen MR) is 83.5 cm³/mol. The van der Waals surface area contributed by atoms with E-state index in [-0.39, 0.29) is 11.9 Å². The lowest BCUT2D eigenvalue weighted by Crippen LogP contribution is -2.31. The molecule has 1 atom stereocenters. The van der Waals surface area contributed by atoms with Gasteiger partial charge in [0, 0.05) is 0 Å². The minimum Gasteiger partial charge on any atom is -0.344 e. The second-order valence-electron chi connectivity index (χ2n) is 4.71. The van der Waals surface area contributed by atoms with Crippen LogP contribution in [-0.2, 0) is 0 Å². The van der Waals surface area contributed by atoms with Crippen molar-refractivity contribution < 1.29 is 4.79 Å². The zero-order valence-corrected chi connectivity index (χ0v) is 13.3. The van der Waals surface area contributed by atoms with Gasteiger partial charge in [-0.2, -0.15) is 0 Å². The number of hydrogen-bond acceptors (Lipinski definition) is 2. The van der Waals surface area contributed by atoms with Crippen molar-refractivity contribution in [2.75, 3.05) is 0 Å². The fourth-order valence-electron chi connectivity index (χ4n) is 1.94. The largest absolute Gasteiger partial charge is 0.344 e. The summed E-state index contributed by atoms with van der Waals surface area (Å²) in [4.78, 5) is 13.0. The monoisotopic (exact) mass is 337 g/mol. The average Bonchev–Trinajstić information content (AvgIpc) is 2.83. The van der Waals surface area contributed by atoms with Crippen molar-refractivity contribution in [2.24, 2.45) is 5.92 Å². The van der Waals surface area contributed by atoms with Crippen molar-refractivity contribution in [3.63, 3.8) is 0 Å². The number of amides is 1. The molecule has 0 saturated carbocycles. The Bertz CT molecular complexity index is 550. The van der Waals surface area contributed by atoms with Crippen LogP contribution in [-0.4, -0.2) is 5.91 Å². The molecule has 0 unspecified atom stereocenters. The van der Waals surface area contributed by atoms with Crippen LogP contribution in [0.2, 0.25) is 0 Å². The molecule has 1 aromatic heterocycles. The quantitative estimate of drug-likeness (QED) is 0.865. The smallest absolute Gasteiger partial charge is 0.261 e. The summed E-state index contributed by atoms with van der Waals surface area (Å²) in [6.45, 7) is 4.23. The normalized spacial score (nSPS) is 12.4. The Labute approximate surface area is 126 Å². The Hall–Kier alpha value is -1.13. The molecule has 2 aromatic rings. The van der Waals surface area contributed by atoms with E-state index in [4.69, 9.17) is 0 Å². The van der Waals surface area contributed by atoms with Gasteiger partial charge in [-0.1, -0.05) is 44.2 Å². The van der Waals surface area contributed by atoms with Crippen molar-refractivity contribution in [3.05, 3.63) is 56.7 Å². The van der Waals surface area contributed by atoms with Gasteiger partial charge in [-0.25, -0.2) is 0 Å². The molecule has 0 radical (unpaired) electrons. The first-order chi connectivity index (χ1) is 9.08. The molecule has 0 spiro atoms. The van der Waals surface area contributed by atoms with Crippen LogP contribution in [0.1, 0.15) is 35.1 Å². The molecule has 1 aromatic carbocycles. The number of carbonyl (C=O) groups is 1. The van der Waals surface area contributed by atoms with Gasteiger partial charge in [0.15, 0.2) is 0 Å². The molecule has 0 fully saturated rings. The van der Waals surface area contributed by atoms with E-state index in [2.05, 4.69) is 47.2 Å². The third kappa shape index (κ3) is 3.67. The van der Waals surface area contributed by atoms with Crippen LogP contribution in [0.4, 0.5) is 0 Å². The molecule has 1 amide bonds. The Morgan fingerprint density at radius 2 is 1.84 bits per heavy atom. The summed E-state index contributed by atoms with van der Waals surface area (Å²) in [5, 5.41) is 3.11. The number of carbonyl (C=O) groups excluding carboxylic acids is 1. The number of halogens is 1. The van der Waals surface area contributed by atoms with Gasteiger partial charge in [0.2, 0.25) is 0 Å². The van der Waals surface area contributed by atoms with Crippen molar-refractivity contribution in [2.45, 2.75) is 19.9 Å². The van der Waals surface area contributed by atoms with Crippen LogP contribution < -0.4 is 5.32 Å². The molecular formula is C15H16BrNOS. The van der Waals surface area contributed by atoms with Crippen molar-refractivity contribution in [1.82, 2.24) is 5.32 Å². The van der Waals surface area contributed by atoms with E-state index in [0.29, 0.717) is 5.92 Å². The van der Waals surface area contributed by atoms with Gasteiger partial charge in [-0.05, 0) is 39.5 Å². The van der Waals surface area contributed by atoms with Gasteiger partial charge < -0.3 is 5.32 Å². The van der Waals surface area contributed by atoms with E-state index in [1.165, 1.54) is 11.3 Å². The standard InChI is InChI=1S/C15H16BrNOS/c1-10(2)14(11-6-4-3-5-7-11)17-15(18)12-8-9-13(16)19-12/h3-10,14H,1-2H3,(H,17,18)/t14-/m1/s1. The zero-order chi connectivity index (χ0) is 13.8. The van der Waals surface area contributed by atoms with Crippen LogP contribution in [0, 0.1) is 5.92 Å². The maximum atomic E-state index is 12.2. The van der Waals surface area contributed by atoms with Gasteiger partial charge in [-0.15, -0.1) is 11.3 Å². The number of benzene rings is 1. The molecule has 2 rings (SSSR count). The number of rotatable bonds is 4. The summed E-state index contributed by atoms with van der Waals surface area (Å²) in [6.07, 6.45) is 0. The minimum atomic E-state index is -0.0155. The molecule has 0 aliphatic carbocycles. The summed E-state index contributed by atoms with van der Waals surface area (Å²) in [6, 6.07) is 13.9. The van der Waals surface area contributed by atoms with Crippen LogP contribution in [0.25, 0.3) is 0 Å². The minimum absolute atomic E-state index is 0.0155. The van der Waals surface area contributed by atoms with Gasteiger partial charge in [0.25, 0.3) is 5.91 Å². The topological polar surface area (TPSA) is 29.1 Å². The first kappa shape index (κ1) is 14.3. The van der Waals surface area contributed by atoms with Crippen LogP contribution in [0.5, 0.6) is 0 Å². The van der Waals surface area contributed by atoms with Gasteiger partial charge in [-0.3, -0.25) is 4.79 Å². The van der Waals surface area contributed by atoms with E-state index in [1.807, 2.05) is 30.3 Å². The SMILES string of the molecule is CC(C)[C@@H](NC(=O)c1ccc(Br)s1)c1ccccc1. The average molecular weight is 338 g/mol. The summed E-state index contributed by atoms with van der Waals surface area (Å²) in [7, 11) is 0. The maximum Gasteiger partial charge on any atom is 0.261 e. The first-order valence-corrected chi connectivity index (χ1v) is 7.80. The molecular weight excluding hydrogens is 322 g/mol. The van der Waals surface area contributed by atoms with Crippen molar-refractivity contribution in [3.8, 4) is 0 Å². The summed E-state index contributed by atoms with van der Waals surface area (Å²) in [5.74, 6) is 0.327. The predicted octanol–water partition coefficient (Wildman–Crippen LogP) is 4.64. The lowest BCUT2D eigenvalue weighted by atomic mass is 9.96. The molecule has 1 N–H and O–H groups in total. The summed E-state index contributed by atoms with van der Waals surface area (Å²) in [5.41, 5.74) is 1.14. The highest BCUT2D eigenvalue weighted by atomic mass is 79.9. The molecule has 4 heteroatoms. The fraction of sp³-hybridized carbons (Fsp3) is 0.267. The van der Waals surface area contributed by atoms with Crippen LogP contribution in [0.15, 0.2) is 46.3 Å². The Morgan fingerprint density at radius 3 is 2.37 bits per heavy atom. The highest BCUT2D eigenvalue weighted by molar-refractivity contribution is 9.11. The molecule has 19 heavy (non-hydrogen) atoms. The molecule has 0 aliphatic heterocycles. The molecule has 0 saturated heterocycles. The third-order valence-corrected chi connectivity index (χ3v) is 4.53. The van der Waals surface area contributed by atoms with Crippen LogP contribution >= 0.6 is 27.3 Å². The van der Waals surface area contributed by atoms with Gasteiger partial charge in [0.1, 0.15) is 0 Å². The van der Waals surface area contributed by atoms with E-state index in [9.17, 15) is 4.79 Å². The van der Waals surface area contributed by atoms with E-state index in [1.54, 1.807) is 0 Å². The number of hydrogen-bond donors (Lipinski definition) is 1. The highest BCUT2D eigenvalue weighted by Gasteiger charge is 2.19. The second-order valence-corrected chi connectivity index (χ2v) is 7.17. The highest BCUT2D eigenvalue weighted by Crippen LogP contribution is 2.25. The molecule has 1 heterocycles. The third-order valence-electron chi connectivity index (χ3n) is 2.91. The summed E-state index contributed by atoms with van der Waals surface area (Å²) < 4.78 is 0.971. The van der Waals surface area contributed by atoms with E-state index in [0.717, 1.165) is 14.2 Å². The zero-order valence-electron chi connectivity index (χ0n) is 10.9. The van der Waals surface area contributed by atoms with E-state index >= 15 is 0 Å². The Morgan fingerprint density at radius 1 is 1.16 bits per heavy atom. The Kier molecular flexibility index (Phi) is 4.77.